The molecule has 0 bridgehead atoms. The minimum atomic E-state index is -0.474. The van der Waals surface area contributed by atoms with Crippen LogP contribution in [-0.2, 0) is 16.1 Å². The molecule has 0 saturated heterocycles. The summed E-state index contributed by atoms with van der Waals surface area (Å²) < 4.78 is 5.05. The minimum absolute atomic E-state index is 0.0196. The maximum absolute atomic E-state index is 11.5. The van der Waals surface area contributed by atoms with E-state index in [0.717, 1.165) is 6.42 Å². The van der Waals surface area contributed by atoms with Crippen LogP contribution in [0.2, 0.25) is 0 Å². The second kappa shape index (κ2) is 6.74. The third-order valence-corrected chi connectivity index (χ3v) is 2.79. The number of ether oxygens (including phenoxy) is 1. The highest BCUT2D eigenvalue weighted by Crippen LogP contribution is 2.19. The van der Waals surface area contributed by atoms with Gasteiger partial charge in [-0.2, -0.15) is 0 Å². The molecular weight excluding hydrogens is 234 g/mol. The van der Waals surface area contributed by atoms with Gasteiger partial charge < -0.3 is 4.74 Å². The van der Waals surface area contributed by atoms with E-state index in [-0.39, 0.29) is 24.2 Å². The molecule has 0 amide bonds. The zero-order chi connectivity index (χ0) is 13.5. The average molecular weight is 251 g/mol. The molecule has 18 heavy (non-hydrogen) atoms. The van der Waals surface area contributed by atoms with Gasteiger partial charge in [0.15, 0.2) is 0 Å². The molecule has 1 unspecified atom stereocenters. The van der Waals surface area contributed by atoms with Crippen molar-refractivity contribution < 1.29 is 14.5 Å². The van der Waals surface area contributed by atoms with Crippen molar-refractivity contribution in [3.8, 4) is 0 Å². The van der Waals surface area contributed by atoms with Crippen LogP contribution in [0.4, 0.5) is 5.69 Å². The van der Waals surface area contributed by atoms with Crippen LogP contribution in [0.3, 0.4) is 0 Å². The molecule has 98 valence electrons. The maximum Gasteiger partial charge on any atom is 0.306 e. The van der Waals surface area contributed by atoms with E-state index in [9.17, 15) is 14.9 Å². The fourth-order valence-electron chi connectivity index (χ4n) is 1.46. The summed E-state index contributed by atoms with van der Waals surface area (Å²) in [6, 6.07) is 6.26. The van der Waals surface area contributed by atoms with Gasteiger partial charge in [0.2, 0.25) is 0 Å². The van der Waals surface area contributed by atoms with Gasteiger partial charge in [0, 0.05) is 12.5 Å². The Morgan fingerprint density at radius 3 is 2.72 bits per heavy atom. The Bertz CT molecular complexity index is 431. The maximum atomic E-state index is 11.5. The highest BCUT2D eigenvalue weighted by atomic mass is 16.6. The third-order valence-electron chi connectivity index (χ3n) is 2.79. The summed E-state index contributed by atoms with van der Waals surface area (Å²) in [5.74, 6) is -0.0502. The number of esters is 1. The van der Waals surface area contributed by atoms with Gasteiger partial charge >= 0.3 is 5.97 Å². The fourth-order valence-corrected chi connectivity index (χ4v) is 1.46. The first-order chi connectivity index (χ1) is 8.54. The van der Waals surface area contributed by atoms with E-state index in [1.165, 1.54) is 6.07 Å². The van der Waals surface area contributed by atoms with Crippen LogP contribution in [0.15, 0.2) is 24.3 Å². The number of carbonyl (C=O) groups excluding carboxylic acids is 1. The minimum Gasteiger partial charge on any atom is -0.461 e. The monoisotopic (exact) mass is 251 g/mol. The molecule has 1 aromatic carbocycles. The smallest absolute Gasteiger partial charge is 0.306 e. The first-order valence-corrected chi connectivity index (χ1v) is 5.92. The highest BCUT2D eigenvalue weighted by molar-refractivity contribution is 5.69. The predicted molar refractivity (Wildman–Crippen MR) is 67.0 cm³/mol. The van der Waals surface area contributed by atoms with Crippen LogP contribution in [0.1, 0.15) is 32.3 Å². The Labute approximate surface area is 106 Å². The van der Waals surface area contributed by atoms with Crippen LogP contribution in [0, 0.1) is 16.0 Å². The van der Waals surface area contributed by atoms with Crippen molar-refractivity contribution >= 4 is 11.7 Å². The second-order valence-corrected chi connectivity index (χ2v) is 4.26. The van der Waals surface area contributed by atoms with Crippen molar-refractivity contribution in [2.24, 2.45) is 5.92 Å². The van der Waals surface area contributed by atoms with E-state index in [0.29, 0.717) is 12.0 Å². The van der Waals surface area contributed by atoms with Gasteiger partial charge in [0.1, 0.15) is 6.61 Å². The number of para-hydroxylation sites is 1. The van der Waals surface area contributed by atoms with Crippen LogP contribution >= 0.6 is 0 Å². The molecule has 0 heterocycles. The van der Waals surface area contributed by atoms with Gasteiger partial charge in [-0.15, -0.1) is 0 Å². The average Bonchev–Trinajstić information content (AvgIpc) is 2.36. The molecule has 1 aromatic rings. The normalized spacial score (nSPS) is 11.9. The summed E-state index contributed by atoms with van der Waals surface area (Å²) in [4.78, 5) is 21.8. The second-order valence-electron chi connectivity index (χ2n) is 4.26. The summed E-state index contributed by atoms with van der Waals surface area (Å²) in [6.07, 6.45) is 1.25. The Balaban J connectivity index is 2.58. The Kier molecular flexibility index (Phi) is 5.30. The third kappa shape index (κ3) is 4.16. The molecule has 5 nitrogen and oxygen atoms in total. The molecule has 5 heteroatoms. The number of benzene rings is 1. The number of rotatable bonds is 6. The number of carbonyl (C=O) groups is 1. The summed E-state index contributed by atoms with van der Waals surface area (Å²) in [5, 5.41) is 10.8. The van der Waals surface area contributed by atoms with E-state index < -0.39 is 4.92 Å². The van der Waals surface area contributed by atoms with Crippen molar-refractivity contribution in [2.45, 2.75) is 33.3 Å². The molecule has 0 N–H and O–H groups in total. The largest absolute Gasteiger partial charge is 0.461 e. The standard InChI is InChI=1S/C13H17NO4/c1-3-10(2)8-13(15)18-9-11-6-4-5-7-12(11)14(16)17/h4-7,10H,3,8-9H2,1-2H3. The van der Waals surface area contributed by atoms with Gasteiger partial charge in [-0.25, -0.2) is 0 Å². The topological polar surface area (TPSA) is 69.4 Å². The van der Waals surface area contributed by atoms with Gasteiger partial charge in [0.25, 0.3) is 5.69 Å². The van der Waals surface area contributed by atoms with E-state index in [1.807, 2.05) is 13.8 Å². The SMILES string of the molecule is CCC(C)CC(=O)OCc1ccccc1[N+](=O)[O-]. The molecule has 0 spiro atoms. The molecule has 1 atom stereocenters. The summed E-state index contributed by atoms with van der Waals surface area (Å²) in [5.41, 5.74) is 0.397. The Hall–Kier alpha value is -1.91. The number of hydrogen-bond acceptors (Lipinski definition) is 4. The molecule has 0 aliphatic rings. The van der Waals surface area contributed by atoms with Gasteiger partial charge in [-0.05, 0) is 12.0 Å². The fraction of sp³-hybridized carbons (Fsp3) is 0.462. The molecule has 1 rings (SSSR count). The quantitative estimate of drug-likeness (QED) is 0.442. The van der Waals surface area contributed by atoms with Crippen LogP contribution in [-0.4, -0.2) is 10.9 Å². The van der Waals surface area contributed by atoms with Gasteiger partial charge in [0.05, 0.1) is 10.5 Å². The van der Waals surface area contributed by atoms with Crippen molar-refractivity contribution in [2.75, 3.05) is 0 Å². The molecule has 0 saturated carbocycles. The Morgan fingerprint density at radius 1 is 1.44 bits per heavy atom. The molecular formula is C13H17NO4. The number of hydrogen-bond donors (Lipinski definition) is 0. The van der Waals surface area contributed by atoms with Crippen LogP contribution < -0.4 is 0 Å². The highest BCUT2D eigenvalue weighted by Gasteiger charge is 2.15. The summed E-state index contributed by atoms with van der Waals surface area (Å²) in [6.45, 7) is 3.92. The molecule has 0 aromatic heterocycles. The predicted octanol–water partition coefficient (Wildman–Crippen LogP) is 3.07. The van der Waals surface area contributed by atoms with E-state index in [1.54, 1.807) is 18.2 Å². The van der Waals surface area contributed by atoms with Crippen molar-refractivity contribution in [3.63, 3.8) is 0 Å². The van der Waals surface area contributed by atoms with Crippen molar-refractivity contribution in [1.82, 2.24) is 0 Å². The molecule has 0 aliphatic carbocycles. The Morgan fingerprint density at radius 2 is 2.11 bits per heavy atom. The lowest BCUT2D eigenvalue weighted by atomic mass is 10.1. The van der Waals surface area contributed by atoms with Crippen molar-refractivity contribution in [3.05, 3.63) is 39.9 Å². The first-order valence-electron chi connectivity index (χ1n) is 5.92. The summed E-state index contributed by atoms with van der Waals surface area (Å²) >= 11 is 0. The number of nitrogens with zero attached hydrogens (tertiary/aromatic N) is 1. The lowest BCUT2D eigenvalue weighted by Gasteiger charge is -2.08. The van der Waals surface area contributed by atoms with Crippen LogP contribution in [0.5, 0.6) is 0 Å². The van der Waals surface area contributed by atoms with E-state index in [2.05, 4.69) is 0 Å². The lowest BCUT2D eigenvalue weighted by Crippen LogP contribution is -2.09. The van der Waals surface area contributed by atoms with Crippen LogP contribution in [0.25, 0.3) is 0 Å². The molecule has 0 aliphatic heterocycles. The number of nitro groups is 1. The van der Waals surface area contributed by atoms with Crippen molar-refractivity contribution in [1.29, 1.82) is 0 Å². The first kappa shape index (κ1) is 14.2. The zero-order valence-corrected chi connectivity index (χ0v) is 10.6. The van der Waals surface area contributed by atoms with Gasteiger partial charge in [-0.1, -0.05) is 32.4 Å². The van der Waals surface area contributed by atoms with E-state index in [4.69, 9.17) is 4.74 Å². The van der Waals surface area contributed by atoms with E-state index >= 15 is 0 Å². The molecule has 0 radical (unpaired) electrons. The number of nitro benzene ring substituents is 1. The summed E-state index contributed by atoms with van der Waals surface area (Å²) in [7, 11) is 0. The molecule has 0 fully saturated rings. The van der Waals surface area contributed by atoms with Gasteiger partial charge in [-0.3, -0.25) is 14.9 Å². The lowest BCUT2D eigenvalue weighted by molar-refractivity contribution is -0.385. The zero-order valence-electron chi connectivity index (χ0n) is 10.6.